The molecule has 0 spiro atoms. The summed E-state index contributed by atoms with van der Waals surface area (Å²) in [5.74, 6) is -0.714. The van der Waals surface area contributed by atoms with E-state index < -0.39 is 35.4 Å². The molecule has 3 aliphatic rings. The first-order valence-electron chi connectivity index (χ1n) is 25.2. The number of aromatic nitrogens is 2. The minimum absolute atomic E-state index is 0.00954. The third-order valence-corrected chi connectivity index (χ3v) is 13.9. The van der Waals surface area contributed by atoms with Gasteiger partial charge in [0.25, 0.3) is 5.91 Å². The fourth-order valence-electron chi connectivity index (χ4n) is 9.87. The number of aryl methyl sites for hydroxylation is 2. The lowest BCUT2D eigenvalue weighted by atomic mass is 10.1. The molecule has 0 saturated carbocycles. The van der Waals surface area contributed by atoms with E-state index in [9.17, 15) is 37.9 Å². The van der Waals surface area contributed by atoms with Crippen molar-refractivity contribution in [3.8, 4) is 6.07 Å². The maximum absolute atomic E-state index is 13.5. The summed E-state index contributed by atoms with van der Waals surface area (Å²) >= 11 is 0. The second-order valence-electron chi connectivity index (χ2n) is 19.6. The van der Waals surface area contributed by atoms with Gasteiger partial charge in [0.1, 0.15) is 23.5 Å². The maximum atomic E-state index is 13.5. The van der Waals surface area contributed by atoms with Gasteiger partial charge in [-0.15, -0.1) is 0 Å². The number of amides is 3. The lowest BCUT2D eigenvalue weighted by Crippen LogP contribution is -2.49. The molecule has 388 valence electrons. The number of anilines is 7. The smallest absolute Gasteiger partial charge is 0.390 e. The number of likely N-dealkylation sites (tertiary alicyclic amines) is 2. The number of rotatable bonds is 14. The number of carbonyl (C=O) groups is 3. The van der Waals surface area contributed by atoms with Gasteiger partial charge in [-0.05, 0) is 157 Å². The van der Waals surface area contributed by atoms with Gasteiger partial charge < -0.3 is 45.6 Å². The normalized spacial score (nSPS) is 16.9. The van der Waals surface area contributed by atoms with Crippen molar-refractivity contribution in [2.75, 3.05) is 97.6 Å². The van der Waals surface area contributed by atoms with E-state index in [4.69, 9.17) is 4.98 Å². The number of alkyl halides is 3. The number of aliphatic hydroxyl groups is 1. The van der Waals surface area contributed by atoms with Gasteiger partial charge in [0.2, 0.25) is 11.8 Å². The zero-order chi connectivity index (χ0) is 52.7. The SMILES string of the molecule is CN(C)c1ccc(Nc2c3ccc(NC(=O)CCN4CCCC4)cc3nc3cc(NC(=O)CCN4CCCC4)ccc23)cc1.Cc1cccc(N(C)C(=O)C2C(O)CCN2c2nc(C)cc(C(F)(F)F)c2C#N)c1. The third-order valence-electron chi connectivity index (χ3n) is 13.9. The van der Waals surface area contributed by atoms with Crippen LogP contribution in [0.4, 0.5) is 53.1 Å². The highest BCUT2D eigenvalue weighted by Crippen LogP contribution is 2.39. The van der Waals surface area contributed by atoms with Crippen LogP contribution in [0.5, 0.6) is 0 Å². The van der Waals surface area contributed by atoms with Crippen LogP contribution in [0.1, 0.15) is 67.3 Å². The van der Waals surface area contributed by atoms with Crippen molar-refractivity contribution in [2.45, 2.75) is 77.1 Å². The summed E-state index contributed by atoms with van der Waals surface area (Å²) in [6, 6.07) is 28.5. The molecular weight excluding hydrogens is 948 g/mol. The van der Waals surface area contributed by atoms with E-state index in [1.54, 1.807) is 24.3 Å². The predicted octanol–water partition coefficient (Wildman–Crippen LogP) is 9.24. The average Bonchev–Trinajstić information content (AvgIpc) is 4.18. The largest absolute Gasteiger partial charge is 0.417 e. The number of halogens is 3. The van der Waals surface area contributed by atoms with Crippen LogP contribution in [0.25, 0.3) is 21.8 Å². The second-order valence-corrected chi connectivity index (χ2v) is 19.6. The molecule has 0 radical (unpaired) electrons. The van der Waals surface area contributed by atoms with E-state index in [0.29, 0.717) is 18.5 Å². The van der Waals surface area contributed by atoms with E-state index in [2.05, 4.69) is 59.9 Å². The Morgan fingerprint density at radius 1 is 0.730 bits per heavy atom. The summed E-state index contributed by atoms with van der Waals surface area (Å²) in [6.45, 7) is 9.25. The molecule has 3 aliphatic heterocycles. The maximum Gasteiger partial charge on any atom is 0.417 e. The van der Waals surface area contributed by atoms with Crippen LogP contribution in [0.15, 0.2) is 91.0 Å². The van der Waals surface area contributed by atoms with Crippen molar-refractivity contribution in [1.29, 1.82) is 5.26 Å². The number of likely N-dealkylation sites (N-methyl/N-ethyl adjacent to an activating group) is 1. The van der Waals surface area contributed by atoms with E-state index in [1.807, 2.05) is 63.5 Å². The number of carbonyl (C=O) groups excluding carboxylic acids is 3. The molecule has 3 amide bonds. The zero-order valence-electron chi connectivity index (χ0n) is 42.6. The van der Waals surface area contributed by atoms with Gasteiger partial charge in [0.15, 0.2) is 0 Å². The van der Waals surface area contributed by atoms with Gasteiger partial charge in [-0.2, -0.15) is 18.4 Å². The third kappa shape index (κ3) is 12.7. The highest BCUT2D eigenvalue weighted by molar-refractivity contribution is 6.11. The summed E-state index contributed by atoms with van der Waals surface area (Å²) in [4.78, 5) is 57.3. The first kappa shape index (κ1) is 53.0. The van der Waals surface area contributed by atoms with Crippen LogP contribution in [0.2, 0.25) is 0 Å². The molecule has 15 nitrogen and oxygen atoms in total. The Morgan fingerprint density at radius 2 is 1.28 bits per heavy atom. The molecule has 3 fully saturated rings. The van der Waals surface area contributed by atoms with E-state index in [1.165, 1.54) is 49.5 Å². The summed E-state index contributed by atoms with van der Waals surface area (Å²) in [5.41, 5.74) is 5.82. The molecule has 74 heavy (non-hydrogen) atoms. The van der Waals surface area contributed by atoms with Gasteiger partial charge in [-0.1, -0.05) is 12.1 Å². The molecule has 0 aliphatic carbocycles. The van der Waals surface area contributed by atoms with Crippen molar-refractivity contribution in [1.82, 2.24) is 19.8 Å². The molecule has 0 bridgehead atoms. The fraction of sp³-hybridized carbons (Fsp3) is 0.393. The first-order chi connectivity index (χ1) is 35.4. The van der Waals surface area contributed by atoms with Crippen LogP contribution in [0.3, 0.4) is 0 Å². The lowest BCUT2D eigenvalue weighted by molar-refractivity contribution is -0.137. The zero-order valence-corrected chi connectivity index (χ0v) is 42.6. The molecule has 18 heteroatoms. The quantitative estimate of drug-likeness (QED) is 0.0764. The summed E-state index contributed by atoms with van der Waals surface area (Å²) in [5, 5.41) is 31.6. The van der Waals surface area contributed by atoms with E-state index >= 15 is 0 Å². The lowest BCUT2D eigenvalue weighted by Gasteiger charge is -2.31. The van der Waals surface area contributed by atoms with Gasteiger partial charge in [-0.3, -0.25) is 14.4 Å². The number of aliphatic hydroxyl groups excluding tert-OH is 1. The minimum Gasteiger partial charge on any atom is -0.390 e. The number of benzene rings is 4. The van der Waals surface area contributed by atoms with E-state index in [0.717, 1.165) is 101 Å². The highest BCUT2D eigenvalue weighted by atomic mass is 19.4. The molecule has 5 heterocycles. The molecule has 9 rings (SSSR count). The van der Waals surface area contributed by atoms with Crippen LogP contribution in [-0.4, -0.2) is 122 Å². The van der Waals surface area contributed by atoms with Gasteiger partial charge in [0, 0.05) is 98.5 Å². The number of pyridine rings is 2. The molecule has 3 saturated heterocycles. The number of hydrogen-bond donors (Lipinski definition) is 4. The van der Waals surface area contributed by atoms with Gasteiger partial charge in [-0.25, -0.2) is 9.97 Å². The Balaban J connectivity index is 0.000000212. The summed E-state index contributed by atoms with van der Waals surface area (Å²) in [6.07, 6.45) is 0.118. The van der Waals surface area contributed by atoms with E-state index in [-0.39, 0.29) is 36.3 Å². The standard InChI is InChI=1S/C35H43N7O2.C21H21F3N4O2/c1-40(2)28-11-7-25(8-12-28)38-35-29-13-9-26(36-33(43)15-21-41-17-3-4-18-41)23-31(29)39-32-24-27(10-14-30(32)35)37-34(44)16-22-42-19-5-6-20-42;1-12-5-4-6-14(9-12)27(3)20(30)18-17(29)7-8-28(18)19-15(11-25)16(21(22,23)24)10-13(2)26-19/h7-14,23-24H,3-6,15-22H2,1-2H3,(H,36,43)(H,37,44)(H,38,39);4-6,9-10,17-18,29H,7-8H2,1-3H3. The molecule has 4 N–H and O–H groups in total. The molecule has 2 aromatic heterocycles. The van der Waals surface area contributed by atoms with Crippen LogP contribution in [0, 0.1) is 25.2 Å². The topological polar surface area (TPSA) is 173 Å². The Bertz CT molecular complexity index is 2950. The minimum atomic E-state index is -4.75. The molecular formula is C56H64F3N11O4. The number of nitriles is 1. The van der Waals surface area contributed by atoms with Crippen molar-refractivity contribution in [3.63, 3.8) is 0 Å². The monoisotopic (exact) mass is 1010 g/mol. The number of fused-ring (bicyclic) bond motifs is 2. The van der Waals surface area contributed by atoms with Crippen molar-refractivity contribution in [3.05, 3.63) is 113 Å². The summed E-state index contributed by atoms with van der Waals surface area (Å²) in [7, 11) is 5.59. The van der Waals surface area contributed by atoms with Crippen LogP contribution >= 0.6 is 0 Å². The molecule has 2 atom stereocenters. The van der Waals surface area contributed by atoms with Gasteiger partial charge in [0.05, 0.1) is 28.4 Å². The van der Waals surface area contributed by atoms with Crippen molar-refractivity contribution >= 4 is 79.5 Å². The Labute approximate surface area is 429 Å². The molecule has 4 aromatic carbocycles. The predicted molar refractivity (Wildman–Crippen MR) is 286 cm³/mol. The number of hydrogen-bond acceptors (Lipinski definition) is 12. The Morgan fingerprint density at radius 3 is 1.80 bits per heavy atom. The molecule has 6 aromatic rings. The second kappa shape index (κ2) is 23.3. The van der Waals surface area contributed by atoms with Crippen LogP contribution < -0.4 is 30.7 Å². The summed E-state index contributed by atoms with van der Waals surface area (Å²) < 4.78 is 40.4. The van der Waals surface area contributed by atoms with Gasteiger partial charge >= 0.3 is 6.18 Å². The van der Waals surface area contributed by atoms with Crippen molar-refractivity contribution < 1.29 is 32.7 Å². The fourth-order valence-corrected chi connectivity index (χ4v) is 9.87. The molecule has 2 unspecified atom stereocenters. The Hall–Kier alpha value is -7.33. The first-order valence-corrected chi connectivity index (χ1v) is 25.2. The van der Waals surface area contributed by atoms with Crippen LogP contribution in [-0.2, 0) is 20.6 Å². The number of nitrogens with zero attached hydrogens (tertiary/aromatic N) is 8. The van der Waals surface area contributed by atoms with Crippen molar-refractivity contribution in [2.24, 2.45) is 0 Å². The average molecular weight is 1010 g/mol. The highest BCUT2D eigenvalue weighted by Gasteiger charge is 2.44. The Kier molecular flexibility index (Phi) is 16.6. The number of nitrogens with one attached hydrogen (secondary N) is 3.